The Balaban J connectivity index is 2.22. The number of rotatable bonds is 3. The van der Waals surface area contributed by atoms with E-state index in [9.17, 15) is 23.1 Å². The number of sulfone groups is 1. The van der Waals surface area contributed by atoms with Crippen LogP contribution in [0.25, 0.3) is 0 Å². The predicted octanol–water partition coefficient (Wildman–Crippen LogP) is -0.631. The molecule has 1 N–H and O–H groups in total. The molecule has 114 valence electrons. The van der Waals surface area contributed by atoms with Crippen LogP contribution in [0, 0.1) is 11.3 Å². The molecule has 0 aromatic heterocycles. The van der Waals surface area contributed by atoms with Crippen molar-refractivity contribution in [3.05, 3.63) is 0 Å². The van der Waals surface area contributed by atoms with Crippen LogP contribution in [0.5, 0.6) is 0 Å². The standard InChI is InChI=1S/C12H19NO6S/c1-8(20(2,17)18)10(14)13-5-9-6-19-4-3-12(9,7-13)11(15)16/h8-9H,3-7H2,1-2H3,(H,15,16)/t8?,9-,12+/m0/s1. The molecule has 20 heavy (non-hydrogen) atoms. The molecule has 2 heterocycles. The summed E-state index contributed by atoms with van der Waals surface area (Å²) in [5.74, 6) is -1.74. The van der Waals surface area contributed by atoms with E-state index in [1.165, 1.54) is 11.8 Å². The van der Waals surface area contributed by atoms with Gasteiger partial charge in [0.15, 0.2) is 9.84 Å². The first-order valence-electron chi connectivity index (χ1n) is 6.47. The van der Waals surface area contributed by atoms with E-state index in [0.717, 1.165) is 6.26 Å². The van der Waals surface area contributed by atoms with Crippen molar-refractivity contribution in [1.29, 1.82) is 0 Å². The molecule has 0 aromatic rings. The van der Waals surface area contributed by atoms with Crippen LogP contribution in [0.1, 0.15) is 13.3 Å². The summed E-state index contributed by atoms with van der Waals surface area (Å²) in [5.41, 5.74) is -0.995. The number of hydrogen-bond donors (Lipinski definition) is 1. The molecule has 1 amide bonds. The van der Waals surface area contributed by atoms with Crippen LogP contribution in [0.15, 0.2) is 0 Å². The predicted molar refractivity (Wildman–Crippen MR) is 69.9 cm³/mol. The second-order valence-electron chi connectivity index (χ2n) is 5.67. The minimum absolute atomic E-state index is 0.0645. The molecule has 2 fully saturated rings. The molecule has 0 spiro atoms. The summed E-state index contributed by atoms with van der Waals surface area (Å²) in [4.78, 5) is 25.2. The van der Waals surface area contributed by atoms with Crippen LogP contribution in [0.3, 0.4) is 0 Å². The molecule has 0 radical (unpaired) electrons. The Hall–Kier alpha value is -1.15. The average molecular weight is 305 g/mol. The smallest absolute Gasteiger partial charge is 0.311 e. The number of hydrogen-bond acceptors (Lipinski definition) is 5. The number of carbonyl (C=O) groups excluding carboxylic acids is 1. The topological polar surface area (TPSA) is 101 Å². The first kappa shape index (κ1) is 15.2. The lowest BCUT2D eigenvalue weighted by molar-refractivity contribution is -0.157. The maximum absolute atomic E-state index is 12.2. The van der Waals surface area contributed by atoms with E-state index in [0.29, 0.717) is 19.6 Å². The van der Waals surface area contributed by atoms with Gasteiger partial charge in [0.1, 0.15) is 5.25 Å². The number of carbonyl (C=O) groups is 2. The van der Waals surface area contributed by atoms with Crippen molar-refractivity contribution >= 4 is 21.7 Å². The molecule has 1 unspecified atom stereocenters. The second-order valence-corrected chi connectivity index (χ2v) is 8.04. The summed E-state index contributed by atoms with van der Waals surface area (Å²) in [6.07, 6.45) is 1.36. The lowest BCUT2D eigenvalue weighted by Crippen LogP contribution is -2.45. The Morgan fingerprint density at radius 2 is 2.10 bits per heavy atom. The van der Waals surface area contributed by atoms with E-state index < -0.39 is 32.4 Å². The number of carboxylic acid groups (broad SMARTS) is 1. The number of nitrogens with zero attached hydrogens (tertiary/aromatic N) is 1. The summed E-state index contributed by atoms with van der Waals surface area (Å²) >= 11 is 0. The largest absolute Gasteiger partial charge is 0.481 e. The number of carboxylic acids is 1. The SMILES string of the molecule is CC(C(=O)N1C[C@H]2COCC[C@@]2(C(=O)O)C1)S(C)(=O)=O. The molecule has 2 aliphatic rings. The van der Waals surface area contributed by atoms with Crippen molar-refractivity contribution in [3.63, 3.8) is 0 Å². The van der Waals surface area contributed by atoms with Gasteiger partial charge >= 0.3 is 5.97 Å². The van der Waals surface area contributed by atoms with Gasteiger partial charge in [0.2, 0.25) is 5.91 Å². The Labute approximate surface area is 117 Å². The van der Waals surface area contributed by atoms with E-state index in [1.54, 1.807) is 0 Å². The Morgan fingerprint density at radius 3 is 2.60 bits per heavy atom. The van der Waals surface area contributed by atoms with Gasteiger partial charge in [-0.15, -0.1) is 0 Å². The van der Waals surface area contributed by atoms with Gasteiger partial charge in [-0.25, -0.2) is 8.42 Å². The third-order valence-electron chi connectivity index (χ3n) is 4.43. The molecule has 2 saturated heterocycles. The van der Waals surface area contributed by atoms with Gasteiger partial charge in [0, 0.05) is 31.9 Å². The quantitative estimate of drug-likeness (QED) is 0.745. The van der Waals surface area contributed by atoms with Crippen LogP contribution in [-0.2, 0) is 24.2 Å². The van der Waals surface area contributed by atoms with Gasteiger partial charge < -0.3 is 14.7 Å². The number of amides is 1. The monoisotopic (exact) mass is 305 g/mol. The van der Waals surface area contributed by atoms with Crippen LogP contribution in [-0.4, -0.2) is 68.1 Å². The zero-order valence-corrected chi connectivity index (χ0v) is 12.4. The van der Waals surface area contributed by atoms with Crippen molar-refractivity contribution in [3.8, 4) is 0 Å². The zero-order chi connectivity index (χ0) is 15.1. The summed E-state index contributed by atoms with van der Waals surface area (Å²) in [5, 5.41) is 8.34. The van der Waals surface area contributed by atoms with Crippen molar-refractivity contribution < 1.29 is 27.9 Å². The summed E-state index contributed by atoms with van der Waals surface area (Å²) in [6.45, 7) is 2.29. The van der Waals surface area contributed by atoms with Crippen LogP contribution in [0.4, 0.5) is 0 Å². The number of fused-ring (bicyclic) bond motifs is 1. The van der Waals surface area contributed by atoms with Gasteiger partial charge in [-0.3, -0.25) is 9.59 Å². The van der Waals surface area contributed by atoms with Gasteiger partial charge in [-0.2, -0.15) is 0 Å². The highest BCUT2D eigenvalue weighted by molar-refractivity contribution is 7.92. The highest BCUT2D eigenvalue weighted by Crippen LogP contribution is 2.42. The van der Waals surface area contributed by atoms with Gasteiger partial charge in [0.05, 0.1) is 12.0 Å². The third-order valence-corrected chi connectivity index (χ3v) is 5.92. The van der Waals surface area contributed by atoms with E-state index >= 15 is 0 Å². The van der Waals surface area contributed by atoms with Gasteiger partial charge in [-0.1, -0.05) is 0 Å². The fraction of sp³-hybridized carbons (Fsp3) is 0.833. The molecule has 0 saturated carbocycles. The molecule has 2 aliphatic heterocycles. The summed E-state index contributed by atoms with van der Waals surface area (Å²) in [7, 11) is -3.48. The highest BCUT2D eigenvalue weighted by Gasteiger charge is 2.55. The van der Waals surface area contributed by atoms with Crippen LogP contribution in [0.2, 0.25) is 0 Å². The lowest BCUT2D eigenvalue weighted by atomic mass is 9.74. The lowest BCUT2D eigenvalue weighted by Gasteiger charge is -2.33. The first-order valence-corrected chi connectivity index (χ1v) is 8.43. The molecule has 2 rings (SSSR count). The third kappa shape index (κ3) is 2.42. The molecular formula is C12H19NO6S. The van der Waals surface area contributed by atoms with Gasteiger partial charge in [0.25, 0.3) is 0 Å². The van der Waals surface area contributed by atoms with Crippen LogP contribution < -0.4 is 0 Å². The highest BCUT2D eigenvalue weighted by atomic mass is 32.2. The molecule has 0 bridgehead atoms. The fourth-order valence-corrected chi connectivity index (χ4v) is 3.42. The average Bonchev–Trinajstić information content (AvgIpc) is 2.76. The van der Waals surface area contributed by atoms with Crippen molar-refractivity contribution in [2.24, 2.45) is 11.3 Å². The minimum Gasteiger partial charge on any atom is -0.481 e. The van der Waals surface area contributed by atoms with E-state index in [4.69, 9.17) is 4.74 Å². The van der Waals surface area contributed by atoms with Crippen molar-refractivity contribution in [2.75, 3.05) is 32.6 Å². The zero-order valence-electron chi connectivity index (χ0n) is 11.5. The Bertz CT molecular complexity index is 530. The molecule has 7 nitrogen and oxygen atoms in total. The molecule has 8 heteroatoms. The molecule has 3 atom stereocenters. The summed E-state index contributed by atoms with van der Waals surface area (Å²) in [6, 6.07) is 0. The molecular weight excluding hydrogens is 286 g/mol. The Kier molecular flexibility index (Phi) is 3.81. The number of likely N-dealkylation sites (tertiary alicyclic amines) is 1. The van der Waals surface area contributed by atoms with E-state index in [2.05, 4.69) is 0 Å². The van der Waals surface area contributed by atoms with Crippen LogP contribution >= 0.6 is 0 Å². The first-order chi connectivity index (χ1) is 9.18. The fourth-order valence-electron chi connectivity index (χ4n) is 2.91. The van der Waals surface area contributed by atoms with Crippen molar-refractivity contribution in [2.45, 2.75) is 18.6 Å². The Morgan fingerprint density at radius 1 is 1.45 bits per heavy atom. The summed E-state index contributed by atoms with van der Waals surface area (Å²) < 4.78 is 28.2. The van der Waals surface area contributed by atoms with Crippen molar-refractivity contribution in [1.82, 2.24) is 4.90 Å². The van der Waals surface area contributed by atoms with E-state index in [-0.39, 0.29) is 19.0 Å². The van der Waals surface area contributed by atoms with Gasteiger partial charge in [-0.05, 0) is 13.3 Å². The normalized spacial score (nSPS) is 31.7. The second kappa shape index (κ2) is 5.00. The number of aliphatic carboxylic acids is 1. The van der Waals surface area contributed by atoms with E-state index in [1.807, 2.05) is 0 Å². The molecule has 0 aromatic carbocycles. The minimum atomic E-state index is -3.48. The number of ether oxygens (including phenoxy) is 1. The maximum atomic E-state index is 12.2. The maximum Gasteiger partial charge on any atom is 0.311 e. The molecule has 0 aliphatic carbocycles.